The Morgan fingerprint density at radius 1 is 1.03 bits per heavy atom. The van der Waals surface area contributed by atoms with Crippen LogP contribution in [0.3, 0.4) is 0 Å². The van der Waals surface area contributed by atoms with Crippen LogP contribution in [0, 0.1) is 0 Å². The molecule has 6 heteroatoms. The minimum Gasteiger partial charge on any atom is -0.506 e. The second kappa shape index (κ2) is 9.14. The molecule has 0 saturated carbocycles. The number of carbonyl (C=O) groups is 1. The monoisotopic (exact) mass is 567 g/mol. The third-order valence-electron chi connectivity index (χ3n) is 7.66. The molecule has 2 aliphatic rings. The molecule has 0 spiro atoms. The summed E-state index contributed by atoms with van der Waals surface area (Å²) in [5, 5.41) is 12.1. The van der Waals surface area contributed by atoms with Crippen molar-refractivity contribution in [3.8, 4) is 5.75 Å². The number of hydrogen-bond acceptors (Lipinski definition) is 3. The van der Waals surface area contributed by atoms with Crippen LogP contribution in [-0.4, -0.2) is 39.4 Å². The van der Waals surface area contributed by atoms with Gasteiger partial charge in [-0.2, -0.15) is 4.58 Å². The first-order valence-corrected chi connectivity index (χ1v) is 13.4. The summed E-state index contributed by atoms with van der Waals surface area (Å²) in [6, 6.07) is 24.0. The number of benzene rings is 3. The number of carbonyl (C=O) groups excluding carboxylic acids is 1. The molecule has 0 radical (unpaired) electrons. The van der Waals surface area contributed by atoms with Crippen molar-refractivity contribution in [1.29, 1.82) is 0 Å². The Bertz CT molecular complexity index is 1700. The lowest BCUT2D eigenvalue weighted by Gasteiger charge is -2.22. The molecule has 2 heterocycles. The van der Waals surface area contributed by atoms with Gasteiger partial charge in [0.2, 0.25) is 11.5 Å². The summed E-state index contributed by atoms with van der Waals surface area (Å²) in [5.74, 6) is 0.717. The van der Waals surface area contributed by atoms with E-state index in [1.54, 1.807) is 0 Å². The second-order valence-electron chi connectivity index (χ2n) is 10.3. The number of Topliss-reactive ketones (excluding diaryl/α,β-unsaturated/α-hetero) is 1. The molecule has 38 heavy (non-hydrogen) atoms. The summed E-state index contributed by atoms with van der Waals surface area (Å²) in [6.07, 6.45) is 3.80. The Morgan fingerprint density at radius 2 is 1.74 bits per heavy atom. The topological polar surface area (TPSA) is 54.5 Å². The average Bonchev–Trinajstić information content (AvgIpc) is 3.36. The van der Waals surface area contributed by atoms with E-state index in [0.29, 0.717) is 24.3 Å². The Morgan fingerprint density at radius 3 is 2.47 bits per heavy atom. The van der Waals surface area contributed by atoms with Crippen LogP contribution in [-0.2, 0) is 16.8 Å². The van der Waals surface area contributed by atoms with Crippen LogP contribution < -0.4 is 4.74 Å². The number of para-hydroxylation sites is 2. The maximum atomic E-state index is 13.5. The van der Waals surface area contributed by atoms with Crippen molar-refractivity contribution >= 4 is 49.6 Å². The van der Waals surface area contributed by atoms with E-state index in [9.17, 15) is 9.90 Å². The van der Waals surface area contributed by atoms with Crippen LogP contribution in [0.4, 0.5) is 5.69 Å². The molecule has 190 valence electrons. The van der Waals surface area contributed by atoms with Gasteiger partial charge in [0.05, 0.1) is 23.1 Å². The predicted molar refractivity (Wildman–Crippen MR) is 155 cm³/mol. The smallest absolute Gasteiger partial charge is 0.209 e. The first-order valence-electron chi connectivity index (χ1n) is 12.6. The molecule has 0 unspecified atom stereocenters. The van der Waals surface area contributed by atoms with Gasteiger partial charge >= 0.3 is 0 Å². The van der Waals surface area contributed by atoms with Gasteiger partial charge in [-0.25, -0.2) is 0 Å². The third kappa shape index (κ3) is 3.82. The van der Waals surface area contributed by atoms with Crippen molar-refractivity contribution in [1.82, 2.24) is 4.57 Å². The number of aliphatic hydroxyl groups excluding tert-OH is 1. The molecule has 1 N–H and O–H groups in total. The van der Waals surface area contributed by atoms with E-state index in [1.165, 1.54) is 5.56 Å². The molecule has 1 aliphatic heterocycles. The zero-order valence-corrected chi connectivity index (χ0v) is 23.1. The normalized spacial score (nSPS) is 17.4. The summed E-state index contributed by atoms with van der Waals surface area (Å²) in [4.78, 5) is 13.5. The fourth-order valence-corrected chi connectivity index (χ4v) is 5.89. The number of hydrogen-bond donors (Lipinski definition) is 1. The minimum absolute atomic E-state index is 0.0525. The minimum atomic E-state index is -0.278. The summed E-state index contributed by atoms with van der Waals surface area (Å²) in [6.45, 7) is 5.38. The Kier molecular flexibility index (Phi) is 5.88. The number of fused-ring (bicyclic) bond motifs is 2. The van der Waals surface area contributed by atoms with Gasteiger partial charge in [0.25, 0.3) is 0 Å². The van der Waals surface area contributed by atoms with Gasteiger partial charge in [-0.05, 0) is 44.2 Å². The summed E-state index contributed by atoms with van der Waals surface area (Å²) >= 11 is 3.44. The van der Waals surface area contributed by atoms with E-state index >= 15 is 0 Å². The number of aromatic nitrogens is 1. The average molecular weight is 568 g/mol. The molecular weight excluding hydrogens is 540 g/mol. The molecule has 0 bridgehead atoms. The molecule has 0 amide bonds. The van der Waals surface area contributed by atoms with Gasteiger partial charge in [0.15, 0.2) is 5.71 Å². The summed E-state index contributed by atoms with van der Waals surface area (Å²) in [7, 11) is 2.01. The molecule has 3 aromatic carbocycles. The molecular formula is C32H28BrN2O3+. The quantitative estimate of drug-likeness (QED) is 0.202. The lowest BCUT2D eigenvalue weighted by atomic mass is 9.77. The highest BCUT2D eigenvalue weighted by atomic mass is 79.9. The van der Waals surface area contributed by atoms with E-state index in [2.05, 4.69) is 51.1 Å². The van der Waals surface area contributed by atoms with E-state index in [4.69, 9.17) is 4.74 Å². The number of aliphatic hydroxyl groups is 1. The summed E-state index contributed by atoms with van der Waals surface area (Å²) in [5.41, 5.74) is 5.51. The van der Waals surface area contributed by atoms with Crippen LogP contribution in [0.1, 0.15) is 25.0 Å². The van der Waals surface area contributed by atoms with E-state index in [1.807, 2.05) is 80.0 Å². The maximum Gasteiger partial charge on any atom is 0.209 e. The van der Waals surface area contributed by atoms with Crippen LogP contribution in [0.15, 0.2) is 101 Å². The van der Waals surface area contributed by atoms with E-state index in [0.717, 1.165) is 38.1 Å². The maximum absolute atomic E-state index is 13.5. The van der Waals surface area contributed by atoms with Gasteiger partial charge in [-0.15, -0.1) is 0 Å². The van der Waals surface area contributed by atoms with Crippen molar-refractivity contribution in [2.45, 2.75) is 25.8 Å². The number of halogens is 1. The first-order chi connectivity index (χ1) is 18.3. The highest BCUT2D eigenvalue weighted by molar-refractivity contribution is 9.10. The van der Waals surface area contributed by atoms with Crippen LogP contribution in [0.5, 0.6) is 5.75 Å². The molecule has 6 rings (SSSR count). The molecule has 1 aliphatic carbocycles. The number of rotatable bonds is 6. The molecule has 1 aromatic heterocycles. The summed E-state index contributed by atoms with van der Waals surface area (Å²) < 4.78 is 11.1. The van der Waals surface area contributed by atoms with Crippen molar-refractivity contribution < 1.29 is 19.2 Å². The van der Waals surface area contributed by atoms with Gasteiger partial charge in [-0.1, -0.05) is 52.3 Å². The third-order valence-corrected chi connectivity index (χ3v) is 8.19. The molecule has 5 nitrogen and oxygen atoms in total. The Hall–Kier alpha value is -3.90. The van der Waals surface area contributed by atoms with Gasteiger partial charge in [0.1, 0.15) is 25.2 Å². The van der Waals surface area contributed by atoms with Crippen LogP contribution in [0.25, 0.3) is 16.5 Å². The highest BCUT2D eigenvalue weighted by Gasteiger charge is 2.45. The number of ketones is 1. The second-order valence-corrected chi connectivity index (χ2v) is 11.2. The lowest BCUT2D eigenvalue weighted by molar-refractivity contribution is -0.401. The van der Waals surface area contributed by atoms with Crippen LogP contribution >= 0.6 is 15.9 Å². The lowest BCUT2D eigenvalue weighted by Crippen LogP contribution is -2.30. The SMILES string of the molecule is C[N+]1=C(C=C2C(=O)C(c3cn(CCOc4ccc(Br)cc4)c4ccccc34)=C2O)C(C)(C)c2ccccc21. The van der Waals surface area contributed by atoms with Crippen LogP contribution in [0.2, 0.25) is 0 Å². The Balaban J connectivity index is 1.32. The highest BCUT2D eigenvalue weighted by Crippen LogP contribution is 2.43. The number of allylic oxidation sites excluding steroid dienone is 3. The zero-order valence-electron chi connectivity index (χ0n) is 21.5. The predicted octanol–water partition coefficient (Wildman–Crippen LogP) is 6.97. The van der Waals surface area contributed by atoms with Crippen molar-refractivity contribution in [2.24, 2.45) is 0 Å². The number of ether oxygens (including phenoxy) is 1. The van der Waals surface area contributed by atoms with Crippen molar-refractivity contribution in [3.63, 3.8) is 0 Å². The fourth-order valence-electron chi connectivity index (χ4n) is 5.62. The van der Waals surface area contributed by atoms with Gasteiger partial charge < -0.3 is 14.4 Å². The van der Waals surface area contributed by atoms with Gasteiger partial charge in [0, 0.05) is 44.8 Å². The van der Waals surface area contributed by atoms with E-state index < -0.39 is 0 Å². The molecule has 4 aromatic rings. The van der Waals surface area contributed by atoms with Gasteiger partial charge in [-0.3, -0.25) is 4.79 Å². The number of nitrogens with zero attached hydrogens (tertiary/aromatic N) is 2. The zero-order chi connectivity index (χ0) is 26.6. The molecule has 0 saturated heterocycles. The fraction of sp³-hybridized carbons (Fsp3) is 0.188. The van der Waals surface area contributed by atoms with Crippen molar-refractivity contribution in [2.75, 3.05) is 13.7 Å². The van der Waals surface area contributed by atoms with E-state index in [-0.39, 0.29) is 17.0 Å². The standard InChI is InChI=1S/C32H27BrN2O3/c1-32(2)25-9-5-7-11-27(25)34(3)28(32)18-23-30(36)29(31(23)37)24-19-35(26-10-6-4-8-22(24)26)16-17-38-21-14-12-20(33)13-15-21/h4-15,18-19H,16-17H2,1-3H3/p+1. The van der Waals surface area contributed by atoms with Crippen molar-refractivity contribution in [3.05, 3.63) is 112 Å². The molecule has 0 atom stereocenters. The Labute approximate surface area is 230 Å². The first kappa shape index (κ1) is 24.4. The largest absolute Gasteiger partial charge is 0.506 e. The molecule has 0 fully saturated rings.